The molecule has 1 heterocycles. The minimum Gasteiger partial charge on any atom is -0.354 e. The average molecular weight is 392 g/mol. The van der Waals surface area contributed by atoms with Crippen LogP contribution in [0.3, 0.4) is 0 Å². The molecule has 4 heteroatoms. The van der Waals surface area contributed by atoms with Crippen molar-refractivity contribution in [2.45, 2.75) is 25.8 Å². The second-order valence-electron chi connectivity index (χ2n) is 7.88. The molecule has 0 aliphatic carbocycles. The quantitative estimate of drug-likeness (QED) is 0.746. The van der Waals surface area contributed by atoms with E-state index in [4.69, 9.17) is 0 Å². The first-order valence-electron chi connectivity index (χ1n) is 10.6. The zero-order valence-electron chi connectivity index (χ0n) is 17.6. The zero-order chi connectivity index (χ0) is 20.5. The van der Waals surface area contributed by atoms with Gasteiger partial charge in [0, 0.05) is 39.3 Å². The maximum Gasteiger partial charge on any atom is 0.237 e. The Morgan fingerprint density at radius 1 is 0.966 bits per heavy atom. The SMILES string of the molecule is C[C@H](CNC(=O)[C@@H](C)N1CCN(C/C=C/c2ccccc2)CC1)c1ccccc1. The summed E-state index contributed by atoms with van der Waals surface area (Å²) in [5, 5.41) is 3.14. The molecular weight excluding hydrogens is 358 g/mol. The fourth-order valence-corrected chi connectivity index (χ4v) is 3.70. The van der Waals surface area contributed by atoms with Crippen LogP contribution in [0, 0.1) is 0 Å². The number of amides is 1. The summed E-state index contributed by atoms with van der Waals surface area (Å²) in [4.78, 5) is 17.3. The molecule has 1 amide bonds. The molecule has 2 aromatic rings. The van der Waals surface area contributed by atoms with Crippen LogP contribution in [0.25, 0.3) is 6.08 Å². The van der Waals surface area contributed by atoms with Crippen LogP contribution >= 0.6 is 0 Å². The minimum atomic E-state index is -0.0833. The third kappa shape index (κ3) is 6.55. The molecule has 1 fully saturated rings. The molecular formula is C25H33N3O. The summed E-state index contributed by atoms with van der Waals surface area (Å²) in [6.07, 6.45) is 4.41. The highest BCUT2D eigenvalue weighted by Crippen LogP contribution is 2.13. The Bertz CT molecular complexity index is 767. The van der Waals surface area contributed by atoms with Gasteiger partial charge in [0.2, 0.25) is 5.91 Å². The Kier molecular flexibility index (Phi) is 8.03. The van der Waals surface area contributed by atoms with E-state index >= 15 is 0 Å². The lowest BCUT2D eigenvalue weighted by atomic mass is 10.0. The van der Waals surface area contributed by atoms with Crippen molar-refractivity contribution < 1.29 is 4.79 Å². The van der Waals surface area contributed by atoms with Gasteiger partial charge in [0.1, 0.15) is 0 Å². The number of carbonyl (C=O) groups is 1. The van der Waals surface area contributed by atoms with E-state index in [-0.39, 0.29) is 11.9 Å². The summed E-state index contributed by atoms with van der Waals surface area (Å²) >= 11 is 0. The van der Waals surface area contributed by atoms with Crippen molar-refractivity contribution in [1.29, 1.82) is 0 Å². The van der Waals surface area contributed by atoms with E-state index < -0.39 is 0 Å². The van der Waals surface area contributed by atoms with Crippen molar-refractivity contribution >= 4 is 12.0 Å². The van der Waals surface area contributed by atoms with Gasteiger partial charge in [-0.1, -0.05) is 79.7 Å². The molecule has 1 aliphatic rings. The summed E-state index contributed by atoms with van der Waals surface area (Å²) in [6.45, 7) is 9.67. The highest BCUT2D eigenvalue weighted by molar-refractivity contribution is 5.81. The monoisotopic (exact) mass is 391 g/mol. The van der Waals surface area contributed by atoms with Crippen molar-refractivity contribution in [2.75, 3.05) is 39.3 Å². The zero-order valence-corrected chi connectivity index (χ0v) is 17.6. The molecule has 1 aliphatic heterocycles. The van der Waals surface area contributed by atoms with Gasteiger partial charge >= 0.3 is 0 Å². The van der Waals surface area contributed by atoms with Gasteiger partial charge in [0.25, 0.3) is 0 Å². The van der Waals surface area contributed by atoms with Gasteiger partial charge in [-0.15, -0.1) is 0 Å². The molecule has 0 unspecified atom stereocenters. The lowest BCUT2D eigenvalue weighted by molar-refractivity contribution is -0.126. The summed E-state index contributed by atoms with van der Waals surface area (Å²) < 4.78 is 0. The first-order chi connectivity index (χ1) is 14.1. The van der Waals surface area contributed by atoms with Crippen molar-refractivity contribution in [2.24, 2.45) is 0 Å². The van der Waals surface area contributed by atoms with Crippen LogP contribution in [0.2, 0.25) is 0 Å². The smallest absolute Gasteiger partial charge is 0.237 e. The molecule has 4 nitrogen and oxygen atoms in total. The number of nitrogens with zero attached hydrogens (tertiary/aromatic N) is 2. The van der Waals surface area contributed by atoms with Gasteiger partial charge in [0.05, 0.1) is 6.04 Å². The molecule has 1 saturated heterocycles. The Balaban J connectivity index is 1.38. The molecule has 0 radical (unpaired) electrons. The molecule has 1 N–H and O–H groups in total. The lowest BCUT2D eigenvalue weighted by Gasteiger charge is -2.37. The van der Waals surface area contributed by atoms with Gasteiger partial charge in [-0.05, 0) is 24.0 Å². The molecule has 0 spiro atoms. The van der Waals surface area contributed by atoms with Gasteiger partial charge in [-0.2, -0.15) is 0 Å². The first-order valence-corrected chi connectivity index (χ1v) is 10.6. The topological polar surface area (TPSA) is 35.6 Å². The van der Waals surface area contributed by atoms with Crippen LogP contribution in [-0.2, 0) is 4.79 Å². The van der Waals surface area contributed by atoms with E-state index in [1.165, 1.54) is 11.1 Å². The van der Waals surface area contributed by atoms with Crippen molar-refractivity contribution in [3.63, 3.8) is 0 Å². The van der Waals surface area contributed by atoms with E-state index in [1.54, 1.807) is 0 Å². The Morgan fingerprint density at radius 2 is 1.59 bits per heavy atom. The van der Waals surface area contributed by atoms with Crippen LogP contribution < -0.4 is 5.32 Å². The maximum atomic E-state index is 12.6. The number of hydrogen-bond acceptors (Lipinski definition) is 3. The van der Waals surface area contributed by atoms with E-state index in [2.05, 4.69) is 70.6 Å². The van der Waals surface area contributed by atoms with E-state index in [0.717, 1.165) is 32.7 Å². The van der Waals surface area contributed by atoms with Crippen molar-refractivity contribution in [1.82, 2.24) is 15.1 Å². The summed E-state index contributed by atoms with van der Waals surface area (Å²) in [6, 6.07) is 20.7. The van der Waals surface area contributed by atoms with E-state index in [0.29, 0.717) is 12.5 Å². The third-order valence-corrected chi connectivity index (χ3v) is 5.76. The Hall–Kier alpha value is -2.43. The Morgan fingerprint density at radius 3 is 2.24 bits per heavy atom. The molecule has 0 saturated carbocycles. The predicted octanol–water partition coefficient (Wildman–Crippen LogP) is 3.63. The maximum absolute atomic E-state index is 12.6. The number of rotatable bonds is 8. The fourth-order valence-electron chi connectivity index (χ4n) is 3.70. The highest BCUT2D eigenvalue weighted by Gasteiger charge is 2.25. The van der Waals surface area contributed by atoms with Crippen LogP contribution in [0.4, 0.5) is 0 Å². The second kappa shape index (κ2) is 10.9. The molecule has 3 rings (SSSR count). The number of hydrogen-bond donors (Lipinski definition) is 1. The van der Waals surface area contributed by atoms with E-state index in [9.17, 15) is 4.79 Å². The molecule has 154 valence electrons. The molecule has 0 bridgehead atoms. The largest absolute Gasteiger partial charge is 0.354 e. The lowest BCUT2D eigenvalue weighted by Crippen LogP contribution is -2.54. The van der Waals surface area contributed by atoms with Crippen LogP contribution in [0.1, 0.15) is 30.9 Å². The van der Waals surface area contributed by atoms with Crippen LogP contribution in [0.5, 0.6) is 0 Å². The second-order valence-corrected chi connectivity index (χ2v) is 7.88. The number of carbonyl (C=O) groups excluding carboxylic acids is 1. The molecule has 0 aromatic heterocycles. The summed E-state index contributed by atoms with van der Waals surface area (Å²) in [7, 11) is 0. The number of piperazine rings is 1. The molecule has 29 heavy (non-hydrogen) atoms. The van der Waals surface area contributed by atoms with Gasteiger partial charge in [-0.3, -0.25) is 14.6 Å². The normalized spacial score (nSPS) is 17.9. The highest BCUT2D eigenvalue weighted by atomic mass is 16.2. The van der Waals surface area contributed by atoms with Crippen molar-refractivity contribution in [3.8, 4) is 0 Å². The number of nitrogens with one attached hydrogen (secondary N) is 1. The number of benzene rings is 2. The van der Waals surface area contributed by atoms with Gasteiger partial charge in [0.15, 0.2) is 0 Å². The van der Waals surface area contributed by atoms with Crippen LogP contribution in [0.15, 0.2) is 66.7 Å². The third-order valence-electron chi connectivity index (χ3n) is 5.76. The fraction of sp³-hybridized carbons (Fsp3) is 0.400. The van der Waals surface area contributed by atoms with Gasteiger partial charge in [-0.25, -0.2) is 0 Å². The van der Waals surface area contributed by atoms with Crippen molar-refractivity contribution in [3.05, 3.63) is 77.9 Å². The first kappa shape index (κ1) is 21.3. The average Bonchev–Trinajstić information content (AvgIpc) is 2.78. The summed E-state index contributed by atoms with van der Waals surface area (Å²) in [5.74, 6) is 0.450. The van der Waals surface area contributed by atoms with Crippen LogP contribution in [-0.4, -0.2) is 61.0 Å². The summed E-state index contributed by atoms with van der Waals surface area (Å²) in [5.41, 5.74) is 2.50. The van der Waals surface area contributed by atoms with E-state index in [1.807, 2.05) is 31.2 Å². The minimum absolute atomic E-state index is 0.0833. The standard InChI is InChI=1S/C25H33N3O/c1-21(24-13-7-4-8-14-24)20-26-25(29)22(2)28-18-16-27(17-19-28)15-9-12-23-10-5-3-6-11-23/h3-14,21-22H,15-20H2,1-2H3,(H,26,29)/b12-9+/t21-,22-/m1/s1. The predicted molar refractivity (Wildman–Crippen MR) is 121 cm³/mol. The molecule has 2 atom stereocenters. The van der Waals surface area contributed by atoms with Gasteiger partial charge < -0.3 is 5.32 Å². The Labute approximate surface area is 175 Å². The molecule has 2 aromatic carbocycles.